The van der Waals surface area contributed by atoms with E-state index in [1.54, 1.807) is 12.3 Å². The highest BCUT2D eigenvalue weighted by atomic mass is 32.1. The molecule has 1 aliphatic rings. The van der Waals surface area contributed by atoms with Gasteiger partial charge in [0, 0.05) is 49.6 Å². The summed E-state index contributed by atoms with van der Waals surface area (Å²) in [6.45, 7) is 1.93. The van der Waals surface area contributed by atoms with E-state index in [2.05, 4.69) is 19.9 Å². The van der Waals surface area contributed by atoms with Crippen molar-refractivity contribution in [2.45, 2.75) is 19.5 Å². The van der Waals surface area contributed by atoms with Gasteiger partial charge in [-0.1, -0.05) is 6.07 Å². The molecule has 2 N–H and O–H groups in total. The monoisotopic (exact) mass is 386 g/mol. The van der Waals surface area contributed by atoms with Gasteiger partial charge in [0.05, 0.1) is 11.3 Å². The van der Waals surface area contributed by atoms with Crippen LogP contribution < -0.4 is 5.56 Å². The van der Waals surface area contributed by atoms with Crippen LogP contribution in [0.25, 0.3) is 11.3 Å². The lowest BCUT2D eigenvalue weighted by molar-refractivity contribution is 0.241. The summed E-state index contributed by atoms with van der Waals surface area (Å²) in [6.07, 6.45) is 2.39. The predicted octanol–water partition coefficient (Wildman–Crippen LogP) is 3.33. The number of nitrogens with one attached hydrogen (secondary N) is 2. The van der Waals surface area contributed by atoms with Crippen LogP contribution in [-0.4, -0.2) is 26.4 Å². The van der Waals surface area contributed by atoms with Crippen LogP contribution in [0.3, 0.4) is 0 Å². The highest BCUT2D eigenvalue weighted by Crippen LogP contribution is 2.22. The largest absolute Gasteiger partial charge is 0.335 e. The Kier molecular flexibility index (Phi) is 4.67. The van der Waals surface area contributed by atoms with Crippen molar-refractivity contribution in [3.63, 3.8) is 0 Å². The summed E-state index contributed by atoms with van der Waals surface area (Å²) >= 11 is 5.01. The molecule has 5 nitrogen and oxygen atoms in total. The van der Waals surface area contributed by atoms with E-state index < -0.39 is 11.6 Å². The van der Waals surface area contributed by atoms with Gasteiger partial charge in [-0.2, -0.15) is 0 Å². The molecule has 1 aromatic carbocycles. The fraction of sp³-hybridized carbons (Fsp3) is 0.211. The van der Waals surface area contributed by atoms with Crippen molar-refractivity contribution in [3.05, 3.63) is 80.1 Å². The van der Waals surface area contributed by atoms with Gasteiger partial charge in [0.2, 0.25) is 0 Å². The molecular formula is C19H16F2N4OS. The number of rotatable bonds is 3. The molecule has 2 aromatic heterocycles. The number of benzene rings is 1. The molecule has 8 heteroatoms. The molecule has 0 saturated carbocycles. The van der Waals surface area contributed by atoms with Crippen molar-refractivity contribution < 1.29 is 8.78 Å². The van der Waals surface area contributed by atoms with Gasteiger partial charge in [-0.05, 0) is 36.0 Å². The molecule has 0 spiro atoms. The minimum absolute atomic E-state index is 0.154. The lowest BCUT2D eigenvalue weighted by atomic mass is 10.1. The number of aromatic amines is 2. The first kappa shape index (κ1) is 17.7. The number of nitrogens with zero attached hydrogens (tertiary/aromatic N) is 2. The molecule has 3 heterocycles. The van der Waals surface area contributed by atoms with Gasteiger partial charge in [0.1, 0.15) is 11.6 Å². The molecule has 0 atom stereocenters. The van der Waals surface area contributed by atoms with E-state index >= 15 is 0 Å². The topological polar surface area (TPSA) is 64.8 Å². The molecule has 0 amide bonds. The number of pyridine rings is 1. The van der Waals surface area contributed by atoms with Crippen LogP contribution in [0.5, 0.6) is 0 Å². The van der Waals surface area contributed by atoms with Crippen molar-refractivity contribution in [1.29, 1.82) is 0 Å². The number of H-pyrrole nitrogens is 2. The summed E-state index contributed by atoms with van der Waals surface area (Å²) in [6, 6.07) is 7.02. The molecule has 4 rings (SSSR count). The number of hydrogen-bond acceptors (Lipinski definition) is 4. The summed E-state index contributed by atoms with van der Waals surface area (Å²) in [5, 5.41) is 0. The Labute approximate surface area is 158 Å². The standard InChI is InChI=1S/C19H16F2N4OS/c20-12-2-3-13(15(21)7-12)16-4-1-11(8-22-16)9-25-6-5-17-14(10-25)18(26)24-19(27)23-17/h1-4,7-8H,5-6,9-10H2,(H2,23,24,26,27). The van der Waals surface area contributed by atoms with Crippen LogP contribution in [0, 0.1) is 16.4 Å². The quantitative estimate of drug-likeness (QED) is 0.678. The first-order valence-corrected chi connectivity index (χ1v) is 8.87. The first-order valence-electron chi connectivity index (χ1n) is 8.46. The first-order chi connectivity index (χ1) is 13.0. The van der Waals surface area contributed by atoms with E-state index in [1.807, 2.05) is 6.07 Å². The third-order valence-electron chi connectivity index (χ3n) is 4.63. The average Bonchev–Trinajstić information content (AvgIpc) is 2.63. The van der Waals surface area contributed by atoms with E-state index in [4.69, 9.17) is 12.2 Å². The van der Waals surface area contributed by atoms with Gasteiger partial charge >= 0.3 is 0 Å². The maximum Gasteiger partial charge on any atom is 0.256 e. The summed E-state index contributed by atoms with van der Waals surface area (Å²) in [5.74, 6) is -1.26. The minimum Gasteiger partial charge on any atom is -0.335 e. The summed E-state index contributed by atoms with van der Waals surface area (Å²) < 4.78 is 27.3. The van der Waals surface area contributed by atoms with Crippen LogP contribution in [0.1, 0.15) is 16.8 Å². The molecule has 0 radical (unpaired) electrons. The Morgan fingerprint density at radius 3 is 2.78 bits per heavy atom. The molecule has 138 valence electrons. The molecule has 1 aliphatic heterocycles. The Balaban J connectivity index is 1.51. The Hall–Kier alpha value is -2.71. The molecule has 0 unspecified atom stereocenters. The molecule has 0 fully saturated rings. The number of hydrogen-bond donors (Lipinski definition) is 2. The molecule has 3 aromatic rings. The van der Waals surface area contributed by atoms with Gasteiger partial charge in [0.15, 0.2) is 4.77 Å². The molecule has 0 saturated heterocycles. The highest BCUT2D eigenvalue weighted by Gasteiger charge is 2.20. The van der Waals surface area contributed by atoms with Crippen molar-refractivity contribution in [1.82, 2.24) is 19.9 Å². The third kappa shape index (κ3) is 3.72. The van der Waals surface area contributed by atoms with Crippen LogP contribution in [0.2, 0.25) is 0 Å². The van der Waals surface area contributed by atoms with Gasteiger partial charge < -0.3 is 4.98 Å². The number of halogens is 2. The molecule has 27 heavy (non-hydrogen) atoms. The van der Waals surface area contributed by atoms with Crippen molar-refractivity contribution in [3.8, 4) is 11.3 Å². The molecule has 0 aliphatic carbocycles. The van der Waals surface area contributed by atoms with Gasteiger partial charge in [-0.3, -0.25) is 19.7 Å². The van der Waals surface area contributed by atoms with Crippen LogP contribution in [0.4, 0.5) is 8.78 Å². The third-order valence-corrected chi connectivity index (χ3v) is 4.83. The second-order valence-electron chi connectivity index (χ2n) is 6.50. The number of aromatic nitrogens is 3. The lowest BCUT2D eigenvalue weighted by Gasteiger charge is -2.27. The van der Waals surface area contributed by atoms with Crippen molar-refractivity contribution in [2.24, 2.45) is 0 Å². The zero-order valence-corrected chi connectivity index (χ0v) is 15.1. The Morgan fingerprint density at radius 1 is 1.19 bits per heavy atom. The van der Waals surface area contributed by atoms with Gasteiger partial charge in [0.25, 0.3) is 5.56 Å². The zero-order chi connectivity index (χ0) is 19.0. The Bertz CT molecular complexity index is 1110. The summed E-state index contributed by atoms with van der Waals surface area (Å²) in [5.41, 5.74) is 3.10. The van der Waals surface area contributed by atoms with E-state index in [9.17, 15) is 13.6 Å². The fourth-order valence-corrected chi connectivity index (χ4v) is 3.50. The predicted molar refractivity (Wildman–Crippen MR) is 99.7 cm³/mol. The lowest BCUT2D eigenvalue weighted by Crippen LogP contribution is -2.35. The summed E-state index contributed by atoms with van der Waals surface area (Å²) in [7, 11) is 0. The normalized spacial score (nSPS) is 14.1. The SMILES string of the molecule is O=c1[nH]c(=S)[nH]c2c1CN(Cc1ccc(-c3ccc(F)cc3F)nc1)CC2. The van der Waals surface area contributed by atoms with E-state index in [0.717, 1.165) is 30.3 Å². The van der Waals surface area contributed by atoms with Crippen LogP contribution in [-0.2, 0) is 19.5 Å². The zero-order valence-electron chi connectivity index (χ0n) is 14.3. The fourth-order valence-electron chi connectivity index (χ4n) is 3.28. The van der Waals surface area contributed by atoms with Crippen LogP contribution >= 0.6 is 12.2 Å². The maximum absolute atomic E-state index is 13.9. The Morgan fingerprint density at radius 2 is 2.04 bits per heavy atom. The second-order valence-corrected chi connectivity index (χ2v) is 6.91. The van der Waals surface area contributed by atoms with Gasteiger partial charge in [-0.25, -0.2) is 8.78 Å². The number of fused-ring (bicyclic) bond motifs is 1. The minimum atomic E-state index is -0.639. The van der Waals surface area contributed by atoms with Gasteiger partial charge in [-0.15, -0.1) is 0 Å². The van der Waals surface area contributed by atoms with Crippen molar-refractivity contribution >= 4 is 12.2 Å². The maximum atomic E-state index is 13.9. The molecular weight excluding hydrogens is 370 g/mol. The molecule has 0 bridgehead atoms. The van der Waals surface area contributed by atoms with Crippen LogP contribution in [0.15, 0.2) is 41.3 Å². The van der Waals surface area contributed by atoms with E-state index in [0.29, 0.717) is 29.1 Å². The van der Waals surface area contributed by atoms with E-state index in [-0.39, 0.29) is 11.1 Å². The average molecular weight is 386 g/mol. The second kappa shape index (κ2) is 7.13. The van der Waals surface area contributed by atoms with E-state index in [1.165, 1.54) is 12.1 Å². The highest BCUT2D eigenvalue weighted by molar-refractivity contribution is 7.71. The van der Waals surface area contributed by atoms with Crippen molar-refractivity contribution in [2.75, 3.05) is 6.54 Å². The smallest absolute Gasteiger partial charge is 0.256 e. The summed E-state index contributed by atoms with van der Waals surface area (Å²) in [4.78, 5) is 24.2.